The van der Waals surface area contributed by atoms with Gasteiger partial charge in [0.25, 0.3) is 0 Å². The number of ether oxygens (including phenoxy) is 2. The highest BCUT2D eigenvalue weighted by molar-refractivity contribution is 5.88. The van der Waals surface area contributed by atoms with Crippen LogP contribution in [-0.4, -0.2) is 31.6 Å². The fraction of sp³-hybridized carbons (Fsp3) is 0.318. The highest BCUT2D eigenvalue weighted by Gasteiger charge is 2.22. The number of carbonyl (C=O) groups is 1. The summed E-state index contributed by atoms with van der Waals surface area (Å²) in [6.45, 7) is 4.66. The van der Waals surface area contributed by atoms with Crippen molar-refractivity contribution in [3.63, 3.8) is 0 Å². The van der Waals surface area contributed by atoms with E-state index in [4.69, 9.17) is 13.9 Å². The molecule has 0 spiro atoms. The number of furan rings is 1. The fourth-order valence-corrected chi connectivity index (χ4v) is 3.34. The van der Waals surface area contributed by atoms with Crippen LogP contribution in [0.15, 0.2) is 53.1 Å². The van der Waals surface area contributed by atoms with E-state index in [0.717, 1.165) is 33.6 Å². The quantitative estimate of drug-likeness (QED) is 0.612. The molecule has 142 valence electrons. The minimum absolute atomic E-state index is 0.0455. The van der Waals surface area contributed by atoms with Gasteiger partial charge in [-0.05, 0) is 43.7 Å². The van der Waals surface area contributed by atoms with Crippen molar-refractivity contribution in [2.24, 2.45) is 0 Å². The molecule has 0 aliphatic carbocycles. The lowest BCUT2D eigenvalue weighted by atomic mass is 10.0. The average molecular weight is 367 g/mol. The molecule has 1 heterocycles. The number of rotatable bonds is 7. The zero-order valence-electron chi connectivity index (χ0n) is 16.2. The Morgan fingerprint density at radius 3 is 2.56 bits per heavy atom. The molecule has 0 aliphatic rings. The maximum atomic E-state index is 13.0. The van der Waals surface area contributed by atoms with Gasteiger partial charge in [-0.1, -0.05) is 12.1 Å². The minimum Gasteiger partial charge on any atom is -0.497 e. The number of methoxy groups -OCH3 is 2. The summed E-state index contributed by atoms with van der Waals surface area (Å²) in [5, 5.41) is 0.939. The van der Waals surface area contributed by atoms with Crippen molar-refractivity contribution in [2.45, 2.75) is 26.3 Å². The molecule has 5 heteroatoms. The van der Waals surface area contributed by atoms with Crippen molar-refractivity contribution in [3.05, 3.63) is 59.9 Å². The van der Waals surface area contributed by atoms with E-state index in [9.17, 15) is 4.79 Å². The summed E-state index contributed by atoms with van der Waals surface area (Å²) in [7, 11) is 3.26. The van der Waals surface area contributed by atoms with E-state index in [1.165, 1.54) is 0 Å². The highest BCUT2D eigenvalue weighted by Crippen LogP contribution is 2.28. The molecular weight excluding hydrogens is 342 g/mol. The van der Waals surface area contributed by atoms with Gasteiger partial charge in [-0.25, -0.2) is 0 Å². The summed E-state index contributed by atoms with van der Waals surface area (Å²) < 4.78 is 16.1. The highest BCUT2D eigenvalue weighted by atomic mass is 16.5. The van der Waals surface area contributed by atoms with Crippen molar-refractivity contribution in [1.82, 2.24) is 4.90 Å². The molecule has 1 atom stereocenters. The van der Waals surface area contributed by atoms with Crippen molar-refractivity contribution < 1.29 is 18.7 Å². The van der Waals surface area contributed by atoms with Crippen LogP contribution in [-0.2, 0) is 11.2 Å². The molecule has 27 heavy (non-hydrogen) atoms. The Bertz CT molecular complexity index is 931. The maximum Gasteiger partial charge on any atom is 0.227 e. The predicted octanol–water partition coefficient (Wildman–Crippen LogP) is 4.60. The normalized spacial score (nSPS) is 12.0. The van der Waals surface area contributed by atoms with E-state index in [0.29, 0.717) is 13.0 Å². The number of fused-ring (bicyclic) bond motifs is 1. The lowest BCUT2D eigenvalue weighted by Crippen LogP contribution is -2.34. The Hall–Kier alpha value is -2.95. The molecule has 0 aliphatic heterocycles. The van der Waals surface area contributed by atoms with E-state index in [2.05, 4.69) is 0 Å². The van der Waals surface area contributed by atoms with Gasteiger partial charge in [-0.3, -0.25) is 4.79 Å². The first-order chi connectivity index (χ1) is 13.1. The molecule has 0 bridgehead atoms. The second-order valence-electron chi connectivity index (χ2n) is 6.43. The van der Waals surface area contributed by atoms with Crippen LogP contribution >= 0.6 is 0 Å². The molecule has 1 amide bonds. The third kappa shape index (κ3) is 3.92. The van der Waals surface area contributed by atoms with Gasteiger partial charge in [-0.15, -0.1) is 0 Å². The summed E-state index contributed by atoms with van der Waals surface area (Å²) in [5.74, 6) is 1.58. The SMILES string of the molecule is CCN(C(=O)Cc1coc2cc(OC)ccc12)C(C)c1cccc(OC)c1. The van der Waals surface area contributed by atoms with E-state index < -0.39 is 0 Å². The molecule has 3 aromatic rings. The number of nitrogens with zero attached hydrogens (tertiary/aromatic N) is 1. The molecule has 5 nitrogen and oxygen atoms in total. The topological polar surface area (TPSA) is 51.9 Å². The van der Waals surface area contributed by atoms with Crippen molar-refractivity contribution in [3.8, 4) is 11.5 Å². The number of hydrogen-bond donors (Lipinski definition) is 0. The summed E-state index contributed by atoms with van der Waals surface area (Å²) >= 11 is 0. The van der Waals surface area contributed by atoms with Crippen LogP contribution in [0.25, 0.3) is 11.0 Å². The third-order valence-corrected chi connectivity index (χ3v) is 4.91. The first-order valence-electron chi connectivity index (χ1n) is 9.05. The van der Waals surface area contributed by atoms with Crippen LogP contribution in [0.1, 0.15) is 31.0 Å². The van der Waals surface area contributed by atoms with Gasteiger partial charge < -0.3 is 18.8 Å². The first kappa shape index (κ1) is 18.8. The molecule has 2 aromatic carbocycles. The van der Waals surface area contributed by atoms with Gasteiger partial charge in [0.2, 0.25) is 5.91 Å². The summed E-state index contributed by atoms with van der Waals surface area (Å²) in [6.07, 6.45) is 1.95. The molecule has 0 radical (unpaired) electrons. The Kier molecular flexibility index (Phi) is 5.69. The smallest absolute Gasteiger partial charge is 0.227 e. The second-order valence-corrected chi connectivity index (χ2v) is 6.43. The fourth-order valence-electron chi connectivity index (χ4n) is 3.34. The second kappa shape index (κ2) is 8.16. The van der Waals surface area contributed by atoms with E-state index in [1.807, 2.05) is 61.2 Å². The maximum absolute atomic E-state index is 13.0. The van der Waals surface area contributed by atoms with Gasteiger partial charge >= 0.3 is 0 Å². The standard InChI is InChI=1S/C22H25NO4/c1-5-23(15(2)16-7-6-8-18(11-16)25-3)22(24)12-17-14-27-21-13-19(26-4)9-10-20(17)21/h6-11,13-15H,5,12H2,1-4H3. The van der Waals surface area contributed by atoms with Crippen LogP contribution in [0, 0.1) is 0 Å². The zero-order chi connectivity index (χ0) is 19.4. The number of benzene rings is 2. The molecule has 0 N–H and O–H groups in total. The average Bonchev–Trinajstić information content (AvgIpc) is 3.10. The number of hydrogen-bond acceptors (Lipinski definition) is 4. The van der Waals surface area contributed by atoms with Gasteiger partial charge in [-0.2, -0.15) is 0 Å². The van der Waals surface area contributed by atoms with E-state index >= 15 is 0 Å². The lowest BCUT2D eigenvalue weighted by Gasteiger charge is -2.28. The molecule has 0 fully saturated rings. The Morgan fingerprint density at radius 2 is 1.85 bits per heavy atom. The van der Waals surface area contributed by atoms with Crippen molar-refractivity contribution >= 4 is 16.9 Å². The molecular formula is C22H25NO4. The third-order valence-electron chi connectivity index (χ3n) is 4.91. The van der Waals surface area contributed by atoms with Crippen LogP contribution in [0.4, 0.5) is 0 Å². The van der Waals surface area contributed by atoms with Gasteiger partial charge in [0, 0.05) is 23.6 Å². The molecule has 0 saturated heterocycles. The first-order valence-corrected chi connectivity index (χ1v) is 9.05. The van der Waals surface area contributed by atoms with Gasteiger partial charge in [0.15, 0.2) is 0 Å². The largest absolute Gasteiger partial charge is 0.497 e. The van der Waals surface area contributed by atoms with E-state index in [-0.39, 0.29) is 11.9 Å². The summed E-state index contributed by atoms with van der Waals surface area (Å²) in [4.78, 5) is 14.9. The molecule has 1 aromatic heterocycles. The zero-order valence-corrected chi connectivity index (χ0v) is 16.2. The Morgan fingerprint density at radius 1 is 1.11 bits per heavy atom. The van der Waals surface area contributed by atoms with Crippen molar-refractivity contribution in [2.75, 3.05) is 20.8 Å². The van der Waals surface area contributed by atoms with Crippen LogP contribution in [0.2, 0.25) is 0 Å². The number of amides is 1. The molecule has 1 unspecified atom stereocenters. The number of likely N-dealkylation sites (N-methyl/N-ethyl adjacent to an activating group) is 1. The van der Waals surface area contributed by atoms with E-state index in [1.54, 1.807) is 20.5 Å². The van der Waals surface area contributed by atoms with Gasteiger partial charge in [0.1, 0.15) is 17.1 Å². The number of carbonyl (C=O) groups excluding carboxylic acids is 1. The minimum atomic E-state index is -0.0455. The predicted molar refractivity (Wildman–Crippen MR) is 105 cm³/mol. The van der Waals surface area contributed by atoms with Crippen LogP contribution < -0.4 is 9.47 Å². The van der Waals surface area contributed by atoms with Crippen LogP contribution in [0.5, 0.6) is 11.5 Å². The lowest BCUT2D eigenvalue weighted by molar-refractivity contribution is -0.132. The van der Waals surface area contributed by atoms with Crippen molar-refractivity contribution in [1.29, 1.82) is 0 Å². The summed E-state index contributed by atoms with van der Waals surface area (Å²) in [5.41, 5.74) is 2.65. The molecule has 0 saturated carbocycles. The monoisotopic (exact) mass is 367 g/mol. The summed E-state index contributed by atoms with van der Waals surface area (Å²) in [6, 6.07) is 13.4. The molecule has 3 rings (SSSR count). The Labute approximate surface area is 159 Å². The van der Waals surface area contributed by atoms with Crippen LogP contribution in [0.3, 0.4) is 0 Å². The Balaban J connectivity index is 1.80. The van der Waals surface area contributed by atoms with Gasteiger partial charge in [0.05, 0.1) is 32.9 Å².